The number of hydrogen-bond acceptors (Lipinski definition) is 5. The van der Waals surface area contributed by atoms with Crippen LogP contribution in [0.25, 0.3) is 10.6 Å². The first-order valence-electron chi connectivity index (χ1n) is 7.43. The van der Waals surface area contributed by atoms with E-state index in [1.54, 1.807) is 5.38 Å². The number of benzene rings is 2. The van der Waals surface area contributed by atoms with E-state index in [9.17, 15) is 18.0 Å². The highest BCUT2D eigenvalue weighted by Crippen LogP contribution is 2.25. The van der Waals surface area contributed by atoms with Gasteiger partial charge in [-0.05, 0) is 24.3 Å². The van der Waals surface area contributed by atoms with Gasteiger partial charge in [0.05, 0.1) is 11.3 Å². The highest BCUT2D eigenvalue weighted by molar-refractivity contribution is 7.13. The van der Waals surface area contributed by atoms with E-state index in [-0.39, 0.29) is 12.2 Å². The van der Waals surface area contributed by atoms with E-state index in [1.165, 1.54) is 23.5 Å². The lowest BCUT2D eigenvalue weighted by molar-refractivity contribution is -0.274. The summed E-state index contributed by atoms with van der Waals surface area (Å²) in [6, 6.07) is 14.1. The maximum Gasteiger partial charge on any atom is 0.573 e. The summed E-state index contributed by atoms with van der Waals surface area (Å²) >= 11 is 1.43. The lowest BCUT2D eigenvalue weighted by Gasteiger charge is -2.09. The van der Waals surface area contributed by atoms with Crippen molar-refractivity contribution in [3.8, 4) is 16.3 Å². The van der Waals surface area contributed by atoms with Crippen LogP contribution in [0.2, 0.25) is 0 Å². The van der Waals surface area contributed by atoms with Crippen LogP contribution in [0.15, 0.2) is 60.0 Å². The first kappa shape index (κ1) is 17.9. The molecule has 0 N–H and O–H groups in total. The van der Waals surface area contributed by atoms with Gasteiger partial charge in [0.1, 0.15) is 17.4 Å². The average Bonchev–Trinajstić information content (AvgIpc) is 3.09. The average molecular weight is 379 g/mol. The van der Waals surface area contributed by atoms with Gasteiger partial charge >= 0.3 is 12.3 Å². The number of esters is 1. The van der Waals surface area contributed by atoms with Gasteiger partial charge in [0.15, 0.2) is 0 Å². The molecule has 0 radical (unpaired) electrons. The van der Waals surface area contributed by atoms with Crippen LogP contribution in [0.5, 0.6) is 5.75 Å². The SMILES string of the molecule is O=C(OCc1csc(-c2ccccc2)n1)c1ccc(OC(F)(F)F)cc1. The molecule has 3 aromatic rings. The van der Waals surface area contributed by atoms with Crippen molar-refractivity contribution >= 4 is 17.3 Å². The highest BCUT2D eigenvalue weighted by Gasteiger charge is 2.31. The van der Waals surface area contributed by atoms with Crippen molar-refractivity contribution in [1.82, 2.24) is 4.98 Å². The van der Waals surface area contributed by atoms with Gasteiger partial charge in [-0.15, -0.1) is 24.5 Å². The molecule has 0 atom stereocenters. The maximum absolute atomic E-state index is 12.1. The third-order valence-corrected chi connectivity index (χ3v) is 4.19. The number of hydrogen-bond donors (Lipinski definition) is 0. The topological polar surface area (TPSA) is 48.4 Å². The summed E-state index contributed by atoms with van der Waals surface area (Å²) in [6.07, 6.45) is -4.77. The minimum absolute atomic E-state index is 0.0248. The summed E-state index contributed by atoms with van der Waals surface area (Å²) in [5.74, 6) is -1.06. The number of halogens is 3. The van der Waals surface area contributed by atoms with Crippen LogP contribution in [0.3, 0.4) is 0 Å². The minimum Gasteiger partial charge on any atom is -0.456 e. The van der Waals surface area contributed by atoms with E-state index in [4.69, 9.17) is 4.74 Å². The molecule has 8 heteroatoms. The number of aromatic nitrogens is 1. The number of alkyl halides is 3. The van der Waals surface area contributed by atoms with Gasteiger partial charge in [-0.1, -0.05) is 30.3 Å². The largest absolute Gasteiger partial charge is 0.573 e. The van der Waals surface area contributed by atoms with Crippen molar-refractivity contribution in [3.63, 3.8) is 0 Å². The lowest BCUT2D eigenvalue weighted by atomic mass is 10.2. The molecule has 0 saturated heterocycles. The van der Waals surface area contributed by atoms with Gasteiger partial charge in [0.2, 0.25) is 0 Å². The van der Waals surface area contributed by atoms with Crippen molar-refractivity contribution in [3.05, 3.63) is 71.2 Å². The first-order valence-corrected chi connectivity index (χ1v) is 8.31. The number of rotatable bonds is 5. The molecule has 0 aliphatic carbocycles. The third kappa shape index (κ3) is 4.82. The van der Waals surface area contributed by atoms with Crippen LogP contribution in [0.4, 0.5) is 13.2 Å². The van der Waals surface area contributed by atoms with E-state index in [0.717, 1.165) is 22.7 Å². The molecule has 0 aliphatic heterocycles. The Hall–Kier alpha value is -2.87. The van der Waals surface area contributed by atoms with E-state index in [2.05, 4.69) is 9.72 Å². The van der Waals surface area contributed by atoms with Gasteiger partial charge in [-0.25, -0.2) is 9.78 Å². The molecule has 4 nitrogen and oxygen atoms in total. The molecule has 1 aromatic heterocycles. The first-order chi connectivity index (χ1) is 12.4. The van der Waals surface area contributed by atoms with Crippen molar-refractivity contribution in [1.29, 1.82) is 0 Å². The van der Waals surface area contributed by atoms with Crippen LogP contribution in [-0.4, -0.2) is 17.3 Å². The third-order valence-electron chi connectivity index (χ3n) is 3.25. The molecule has 26 heavy (non-hydrogen) atoms. The van der Waals surface area contributed by atoms with Crippen LogP contribution < -0.4 is 4.74 Å². The van der Waals surface area contributed by atoms with Gasteiger partial charge in [-0.2, -0.15) is 0 Å². The van der Waals surface area contributed by atoms with E-state index >= 15 is 0 Å². The molecule has 0 spiro atoms. The molecule has 0 bridgehead atoms. The van der Waals surface area contributed by atoms with Gasteiger partial charge in [0, 0.05) is 10.9 Å². The van der Waals surface area contributed by atoms with Crippen molar-refractivity contribution in [2.45, 2.75) is 13.0 Å². The van der Waals surface area contributed by atoms with Crippen molar-refractivity contribution in [2.24, 2.45) is 0 Å². The number of thiazole rings is 1. The summed E-state index contributed by atoms with van der Waals surface area (Å²) in [7, 11) is 0. The quantitative estimate of drug-likeness (QED) is 0.581. The number of carbonyl (C=O) groups is 1. The molecule has 0 amide bonds. The zero-order chi connectivity index (χ0) is 18.6. The predicted octanol–water partition coefficient (Wildman–Crippen LogP) is 5.07. The molecular formula is C18H12F3NO3S. The Labute approximate surface area is 150 Å². The van der Waals surface area contributed by atoms with Crippen LogP contribution in [0.1, 0.15) is 16.1 Å². The van der Waals surface area contributed by atoms with Gasteiger partial charge < -0.3 is 9.47 Å². The van der Waals surface area contributed by atoms with Crippen LogP contribution in [-0.2, 0) is 11.3 Å². The van der Waals surface area contributed by atoms with Crippen molar-refractivity contribution in [2.75, 3.05) is 0 Å². The molecular weight excluding hydrogens is 367 g/mol. The Bertz CT molecular complexity index is 877. The minimum atomic E-state index is -4.77. The fourth-order valence-corrected chi connectivity index (χ4v) is 2.91. The molecule has 0 unspecified atom stereocenters. The standard InChI is InChI=1S/C18H12F3NO3S/c19-18(20,21)25-15-8-6-13(7-9-15)17(23)24-10-14-11-26-16(22-14)12-4-2-1-3-5-12/h1-9,11H,10H2. The van der Waals surface area contributed by atoms with Gasteiger partial charge in [-0.3, -0.25) is 0 Å². The molecule has 3 rings (SSSR count). The molecule has 0 saturated carbocycles. The zero-order valence-electron chi connectivity index (χ0n) is 13.2. The highest BCUT2D eigenvalue weighted by atomic mass is 32.1. The van der Waals surface area contributed by atoms with E-state index in [0.29, 0.717) is 5.69 Å². The van der Waals surface area contributed by atoms with Crippen LogP contribution >= 0.6 is 11.3 Å². The summed E-state index contributed by atoms with van der Waals surface area (Å²) < 4.78 is 45.2. The Kier molecular flexibility index (Phi) is 5.22. The normalized spacial score (nSPS) is 11.2. The van der Waals surface area contributed by atoms with Gasteiger partial charge in [0.25, 0.3) is 0 Å². The van der Waals surface area contributed by atoms with E-state index in [1.807, 2.05) is 30.3 Å². The summed E-state index contributed by atoms with van der Waals surface area (Å²) in [4.78, 5) is 16.4. The number of carbonyl (C=O) groups excluding carboxylic acids is 1. The van der Waals surface area contributed by atoms with E-state index < -0.39 is 18.1 Å². The number of ether oxygens (including phenoxy) is 2. The molecule has 134 valence electrons. The Morgan fingerprint density at radius 1 is 1.04 bits per heavy atom. The fourth-order valence-electron chi connectivity index (χ4n) is 2.10. The molecule has 0 fully saturated rings. The summed E-state index contributed by atoms with van der Waals surface area (Å²) in [5.41, 5.74) is 1.69. The summed E-state index contributed by atoms with van der Waals surface area (Å²) in [5, 5.41) is 2.60. The zero-order valence-corrected chi connectivity index (χ0v) is 14.0. The van der Waals surface area contributed by atoms with Crippen molar-refractivity contribution < 1.29 is 27.4 Å². The molecule has 0 aliphatic rings. The monoisotopic (exact) mass is 379 g/mol. The molecule has 1 heterocycles. The molecule has 2 aromatic carbocycles. The second-order valence-corrected chi connectivity index (χ2v) is 6.02. The Morgan fingerprint density at radius 2 is 1.73 bits per heavy atom. The smallest absolute Gasteiger partial charge is 0.456 e. The lowest BCUT2D eigenvalue weighted by Crippen LogP contribution is -2.17. The predicted molar refractivity (Wildman–Crippen MR) is 89.8 cm³/mol. The Balaban J connectivity index is 1.58. The second-order valence-electron chi connectivity index (χ2n) is 5.16. The number of nitrogens with zero attached hydrogens (tertiary/aromatic N) is 1. The fraction of sp³-hybridized carbons (Fsp3) is 0.111. The summed E-state index contributed by atoms with van der Waals surface area (Å²) in [6.45, 7) is -0.0248. The Morgan fingerprint density at radius 3 is 2.38 bits per heavy atom. The maximum atomic E-state index is 12.1. The second kappa shape index (κ2) is 7.57. The van der Waals surface area contributed by atoms with Crippen LogP contribution in [0, 0.1) is 0 Å².